The van der Waals surface area contributed by atoms with E-state index in [2.05, 4.69) is 61.6 Å². The minimum absolute atomic E-state index is 0.825. The third-order valence-electron chi connectivity index (χ3n) is 5.07. The molecule has 4 aromatic rings. The van der Waals surface area contributed by atoms with Gasteiger partial charge in [0.2, 0.25) is 0 Å². The van der Waals surface area contributed by atoms with Gasteiger partial charge in [0.05, 0.1) is 16.4 Å². The molecular formula is C20H21N7S. The maximum Gasteiger partial charge on any atom is 0.189 e. The minimum Gasteiger partial charge on any atom is -0.369 e. The molecule has 0 radical (unpaired) electrons. The van der Waals surface area contributed by atoms with Gasteiger partial charge in [-0.3, -0.25) is 5.10 Å². The predicted molar refractivity (Wildman–Crippen MR) is 114 cm³/mol. The lowest BCUT2D eigenvalue weighted by Crippen LogP contribution is -2.44. The number of thiazole rings is 1. The van der Waals surface area contributed by atoms with Crippen molar-refractivity contribution in [1.82, 2.24) is 25.1 Å². The molecule has 0 unspecified atom stereocenters. The van der Waals surface area contributed by atoms with Gasteiger partial charge in [-0.15, -0.1) is 0 Å². The number of piperazine rings is 1. The van der Waals surface area contributed by atoms with E-state index >= 15 is 0 Å². The van der Waals surface area contributed by atoms with E-state index in [1.165, 1.54) is 5.69 Å². The van der Waals surface area contributed by atoms with Crippen LogP contribution in [0.2, 0.25) is 0 Å². The Labute approximate surface area is 167 Å². The smallest absolute Gasteiger partial charge is 0.189 e. The Morgan fingerprint density at radius 1 is 1.07 bits per heavy atom. The number of benzene rings is 1. The van der Waals surface area contributed by atoms with Crippen LogP contribution in [-0.2, 0) is 0 Å². The highest BCUT2D eigenvalue weighted by Crippen LogP contribution is 2.32. The molecule has 1 aliphatic rings. The highest BCUT2D eigenvalue weighted by Gasteiger charge is 2.15. The number of aromatic nitrogens is 4. The van der Waals surface area contributed by atoms with Gasteiger partial charge in [-0.25, -0.2) is 9.97 Å². The average molecular weight is 392 g/mol. The molecule has 5 rings (SSSR count). The van der Waals surface area contributed by atoms with Crippen molar-refractivity contribution < 1.29 is 0 Å². The van der Waals surface area contributed by atoms with Crippen LogP contribution in [0.4, 0.5) is 16.6 Å². The van der Waals surface area contributed by atoms with Crippen molar-refractivity contribution in [2.75, 3.05) is 43.4 Å². The number of likely N-dealkylation sites (N-methyl/N-ethyl adjacent to an activating group) is 1. The summed E-state index contributed by atoms with van der Waals surface area (Å²) >= 11 is 1.63. The molecule has 2 N–H and O–H groups in total. The maximum absolute atomic E-state index is 4.71. The molecule has 0 aliphatic carbocycles. The van der Waals surface area contributed by atoms with E-state index in [-0.39, 0.29) is 0 Å². The van der Waals surface area contributed by atoms with Crippen LogP contribution in [0, 0.1) is 0 Å². The summed E-state index contributed by atoms with van der Waals surface area (Å²) in [6.45, 7) is 4.25. The third kappa shape index (κ3) is 3.44. The number of H-pyrrole nitrogens is 1. The molecule has 3 aromatic heterocycles. The molecule has 8 heteroatoms. The fourth-order valence-corrected chi connectivity index (χ4v) is 4.34. The molecule has 1 fully saturated rings. The maximum atomic E-state index is 4.71. The molecule has 7 nitrogen and oxygen atoms in total. The number of anilines is 3. The molecule has 1 saturated heterocycles. The lowest BCUT2D eigenvalue weighted by atomic mass is 10.1. The van der Waals surface area contributed by atoms with Crippen LogP contribution in [0.15, 0.2) is 48.9 Å². The monoisotopic (exact) mass is 391 g/mol. The molecular weight excluding hydrogens is 370 g/mol. The van der Waals surface area contributed by atoms with Gasteiger partial charge in [0, 0.05) is 55.9 Å². The summed E-state index contributed by atoms with van der Waals surface area (Å²) in [4.78, 5) is 13.9. The van der Waals surface area contributed by atoms with E-state index < -0.39 is 0 Å². The molecule has 0 amide bonds. The molecule has 1 aromatic carbocycles. The normalized spacial score (nSPS) is 15.2. The van der Waals surface area contributed by atoms with Crippen LogP contribution in [0.1, 0.15) is 0 Å². The molecule has 4 heterocycles. The minimum atomic E-state index is 0.825. The van der Waals surface area contributed by atoms with Gasteiger partial charge in [0.25, 0.3) is 0 Å². The van der Waals surface area contributed by atoms with Gasteiger partial charge in [0.15, 0.2) is 5.13 Å². The highest BCUT2D eigenvalue weighted by atomic mass is 32.1. The van der Waals surface area contributed by atoms with Crippen LogP contribution in [0.3, 0.4) is 0 Å². The molecule has 0 atom stereocenters. The lowest BCUT2D eigenvalue weighted by Gasteiger charge is -2.34. The SMILES string of the molecule is CN1CCN(c2ccnc(Nc3nc4ccc(-c5cn[nH]c5)cc4s3)c2)CC1. The third-order valence-corrected chi connectivity index (χ3v) is 6.00. The van der Waals surface area contributed by atoms with Crippen LogP contribution in [0.5, 0.6) is 0 Å². The molecule has 28 heavy (non-hydrogen) atoms. The van der Waals surface area contributed by atoms with E-state index in [0.717, 1.165) is 58.5 Å². The molecule has 1 aliphatic heterocycles. The summed E-state index contributed by atoms with van der Waals surface area (Å²) in [6, 6.07) is 10.5. The largest absolute Gasteiger partial charge is 0.369 e. The molecule has 142 valence electrons. The van der Waals surface area contributed by atoms with Crippen molar-refractivity contribution in [2.45, 2.75) is 0 Å². The van der Waals surface area contributed by atoms with Crippen LogP contribution < -0.4 is 10.2 Å². The number of hydrogen-bond donors (Lipinski definition) is 2. The van der Waals surface area contributed by atoms with Crippen LogP contribution in [0.25, 0.3) is 21.3 Å². The topological polar surface area (TPSA) is 73.0 Å². The number of pyridine rings is 1. The quantitative estimate of drug-likeness (QED) is 0.554. The standard InChI is InChI=1S/C20H21N7S/c1-26-6-8-27(9-7-26)16-4-5-21-19(11-16)25-20-24-17-3-2-14(10-18(17)28-20)15-12-22-23-13-15/h2-5,10-13H,6-9H2,1H3,(H,22,23)(H,21,24,25). The Kier molecular flexibility index (Phi) is 4.42. The van der Waals surface area contributed by atoms with E-state index in [1.807, 2.05) is 24.7 Å². The summed E-state index contributed by atoms with van der Waals surface area (Å²) in [6.07, 6.45) is 5.59. The van der Waals surface area contributed by atoms with E-state index in [1.54, 1.807) is 11.3 Å². The van der Waals surface area contributed by atoms with Gasteiger partial charge in [-0.2, -0.15) is 5.10 Å². The fraction of sp³-hybridized carbons (Fsp3) is 0.250. The summed E-state index contributed by atoms with van der Waals surface area (Å²) < 4.78 is 1.14. The van der Waals surface area contributed by atoms with Crippen molar-refractivity contribution in [3.63, 3.8) is 0 Å². The zero-order valence-corrected chi connectivity index (χ0v) is 16.4. The highest BCUT2D eigenvalue weighted by molar-refractivity contribution is 7.22. The van der Waals surface area contributed by atoms with Gasteiger partial charge >= 0.3 is 0 Å². The zero-order chi connectivity index (χ0) is 18.9. The first-order valence-corrected chi connectivity index (χ1v) is 10.1. The second kappa shape index (κ2) is 7.21. The van der Waals surface area contributed by atoms with Crippen molar-refractivity contribution in [3.05, 3.63) is 48.9 Å². The summed E-state index contributed by atoms with van der Waals surface area (Å²) in [5.41, 5.74) is 4.39. The number of aromatic amines is 1. The van der Waals surface area contributed by atoms with Crippen molar-refractivity contribution in [3.8, 4) is 11.1 Å². The van der Waals surface area contributed by atoms with Crippen molar-refractivity contribution >= 4 is 38.2 Å². The molecule has 0 saturated carbocycles. The van der Waals surface area contributed by atoms with Crippen molar-refractivity contribution in [1.29, 1.82) is 0 Å². The number of nitrogens with one attached hydrogen (secondary N) is 2. The Bertz CT molecular complexity index is 1080. The van der Waals surface area contributed by atoms with Crippen LogP contribution >= 0.6 is 11.3 Å². The summed E-state index contributed by atoms with van der Waals surface area (Å²) in [5.74, 6) is 0.825. The van der Waals surface area contributed by atoms with E-state index in [4.69, 9.17) is 4.98 Å². The van der Waals surface area contributed by atoms with Gasteiger partial charge in [0.1, 0.15) is 5.82 Å². The Morgan fingerprint density at radius 2 is 1.96 bits per heavy atom. The number of nitrogens with zero attached hydrogens (tertiary/aromatic N) is 5. The number of fused-ring (bicyclic) bond motifs is 1. The molecule has 0 spiro atoms. The molecule has 0 bridgehead atoms. The van der Waals surface area contributed by atoms with E-state index in [9.17, 15) is 0 Å². The second-order valence-corrected chi connectivity index (χ2v) is 8.03. The number of rotatable bonds is 4. The Hall–Kier alpha value is -2.97. The first-order valence-electron chi connectivity index (χ1n) is 9.31. The van der Waals surface area contributed by atoms with Crippen molar-refractivity contribution in [2.24, 2.45) is 0 Å². The predicted octanol–water partition coefficient (Wildman–Crippen LogP) is 3.58. The van der Waals surface area contributed by atoms with Gasteiger partial charge in [-0.1, -0.05) is 17.4 Å². The second-order valence-electron chi connectivity index (χ2n) is 7.00. The Morgan fingerprint density at radius 3 is 2.79 bits per heavy atom. The summed E-state index contributed by atoms with van der Waals surface area (Å²) in [7, 11) is 2.17. The zero-order valence-electron chi connectivity index (χ0n) is 15.6. The van der Waals surface area contributed by atoms with Gasteiger partial charge in [-0.05, 0) is 30.8 Å². The summed E-state index contributed by atoms with van der Waals surface area (Å²) in [5, 5.41) is 11.1. The average Bonchev–Trinajstić information content (AvgIpc) is 3.37. The van der Waals surface area contributed by atoms with E-state index in [0.29, 0.717) is 0 Å². The first-order chi connectivity index (χ1) is 13.7. The van der Waals surface area contributed by atoms with Gasteiger partial charge < -0.3 is 15.1 Å². The number of hydrogen-bond acceptors (Lipinski definition) is 7. The van der Waals surface area contributed by atoms with Crippen LogP contribution in [-0.4, -0.2) is 58.3 Å². The fourth-order valence-electron chi connectivity index (χ4n) is 3.43. The Balaban J connectivity index is 1.37. The lowest BCUT2D eigenvalue weighted by molar-refractivity contribution is 0.313. The first kappa shape index (κ1) is 17.2.